The number of benzene rings is 1. The van der Waals surface area contributed by atoms with E-state index in [-0.39, 0.29) is 30.8 Å². The van der Waals surface area contributed by atoms with E-state index in [2.05, 4.69) is 27.9 Å². The molecule has 2 aromatic heterocycles. The number of hydrogen-bond donors (Lipinski definition) is 0. The molecule has 0 spiro atoms. The van der Waals surface area contributed by atoms with Gasteiger partial charge in [-0.2, -0.15) is 0 Å². The molecule has 0 saturated heterocycles. The molecule has 0 atom stereocenters. The molecular weight excluding hydrogens is 446 g/mol. The van der Waals surface area contributed by atoms with Gasteiger partial charge in [0.15, 0.2) is 5.69 Å². The zero-order valence-corrected chi connectivity index (χ0v) is 19.6. The second-order valence-electron chi connectivity index (χ2n) is 7.94. The first-order valence-electron chi connectivity index (χ1n) is 10.9. The summed E-state index contributed by atoms with van der Waals surface area (Å²) in [5.74, 6) is 0.550. The molecule has 3 heterocycles. The van der Waals surface area contributed by atoms with Crippen LogP contribution in [0.5, 0.6) is 0 Å². The van der Waals surface area contributed by atoms with Crippen molar-refractivity contribution in [3.8, 4) is 11.3 Å². The van der Waals surface area contributed by atoms with Gasteiger partial charge in [0.1, 0.15) is 17.7 Å². The normalized spacial score (nSPS) is 14.7. The van der Waals surface area contributed by atoms with Crippen LogP contribution in [-0.4, -0.2) is 23.0 Å². The Morgan fingerprint density at radius 2 is 2.03 bits per heavy atom. The van der Waals surface area contributed by atoms with Crippen LogP contribution in [0.2, 0.25) is 0 Å². The summed E-state index contributed by atoms with van der Waals surface area (Å²) in [7, 11) is 0. The van der Waals surface area contributed by atoms with E-state index in [1.54, 1.807) is 6.92 Å². The third-order valence-corrected chi connectivity index (χ3v) is 7.16. The molecule has 0 N–H and O–H groups in total. The van der Waals surface area contributed by atoms with Crippen LogP contribution in [0.3, 0.4) is 0 Å². The molecule has 6 nitrogen and oxygen atoms in total. The van der Waals surface area contributed by atoms with E-state index in [9.17, 15) is 9.90 Å². The lowest BCUT2D eigenvalue weighted by molar-refractivity contribution is -0.693. The lowest BCUT2D eigenvalue weighted by Crippen LogP contribution is -2.43. The lowest BCUT2D eigenvalue weighted by atomic mass is 10.1. The number of carbonyl (C=O) groups excluding carboxylic acids is 1. The molecular formula is C24H26ClN3O3S. The van der Waals surface area contributed by atoms with Gasteiger partial charge < -0.3 is 9.84 Å². The molecule has 1 aromatic carbocycles. The zero-order valence-electron chi connectivity index (χ0n) is 18.0. The number of ether oxygens (including phenoxy) is 1. The van der Waals surface area contributed by atoms with E-state index in [0.717, 1.165) is 61.3 Å². The van der Waals surface area contributed by atoms with Gasteiger partial charge in [0.05, 0.1) is 25.1 Å². The highest BCUT2D eigenvalue weighted by atomic mass is 35.5. The number of esters is 1. The predicted octanol–water partition coefficient (Wildman–Crippen LogP) is 3.63. The van der Waals surface area contributed by atoms with Crippen LogP contribution in [0.15, 0.2) is 41.5 Å². The number of aryl methyl sites for hydroxylation is 1. The van der Waals surface area contributed by atoms with Crippen LogP contribution >= 0.6 is 23.7 Å². The average molecular weight is 472 g/mol. The molecule has 3 aromatic rings. The minimum atomic E-state index is -0.364. The Morgan fingerprint density at radius 3 is 2.81 bits per heavy atom. The van der Waals surface area contributed by atoms with Gasteiger partial charge in [0.25, 0.3) is 5.82 Å². The number of rotatable bonds is 6. The smallest absolute Gasteiger partial charge is 0.341 e. The van der Waals surface area contributed by atoms with E-state index >= 15 is 0 Å². The maximum atomic E-state index is 12.9. The van der Waals surface area contributed by atoms with Crippen molar-refractivity contribution < 1.29 is 19.2 Å². The fourth-order valence-electron chi connectivity index (χ4n) is 4.66. The van der Waals surface area contributed by atoms with Crippen molar-refractivity contribution in [3.63, 3.8) is 0 Å². The van der Waals surface area contributed by atoms with Crippen LogP contribution in [0.25, 0.3) is 11.3 Å². The zero-order chi connectivity index (χ0) is 21.4. The van der Waals surface area contributed by atoms with Crippen molar-refractivity contribution in [1.82, 2.24) is 4.57 Å². The molecule has 0 amide bonds. The van der Waals surface area contributed by atoms with Gasteiger partial charge >= 0.3 is 5.97 Å². The van der Waals surface area contributed by atoms with Gasteiger partial charge in [-0.3, -0.25) is 4.99 Å². The number of aliphatic imine (C=N–C) groups is 1. The van der Waals surface area contributed by atoms with Crippen molar-refractivity contribution in [1.29, 1.82) is 0 Å². The highest BCUT2D eigenvalue weighted by Gasteiger charge is 2.29. The molecule has 0 unspecified atom stereocenters. The van der Waals surface area contributed by atoms with Crippen molar-refractivity contribution in [3.05, 3.63) is 58.4 Å². The standard InChI is InChI=1S/C24H25N3O3S.ClH/c1-2-30-24(29)22-17-10-6-11-19(17)31-23(22)25-20(28)15-26-14-18(16-8-4-3-5-9-16)27-13-7-12-21(26)27;/h3-5,8-9,14H,2,6-7,10-13,15H2,1H3;1H. The Kier molecular flexibility index (Phi) is 6.67. The third kappa shape index (κ3) is 4.07. The molecule has 0 fully saturated rings. The summed E-state index contributed by atoms with van der Waals surface area (Å²) in [6.07, 6.45) is 6.91. The van der Waals surface area contributed by atoms with Crippen LogP contribution in [-0.2, 0) is 37.1 Å². The number of fused-ring (bicyclic) bond motifs is 2. The second kappa shape index (κ2) is 9.46. The van der Waals surface area contributed by atoms with Gasteiger partial charge in [0, 0.05) is 16.3 Å². The van der Waals surface area contributed by atoms with Gasteiger partial charge in [-0.05, 0) is 38.2 Å². The first-order chi connectivity index (χ1) is 15.2. The molecule has 0 radical (unpaired) electrons. The maximum Gasteiger partial charge on any atom is 0.341 e. The van der Waals surface area contributed by atoms with Crippen molar-refractivity contribution in [2.75, 3.05) is 6.61 Å². The fourth-order valence-corrected chi connectivity index (χ4v) is 5.93. The van der Waals surface area contributed by atoms with E-state index in [1.807, 2.05) is 22.8 Å². The molecule has 1 aliphatic carbocycles. The minimum absolute atomic E-state index is 0. The van der Waals surface area contributed by atoms with Gasteiger partial charge in [-0.15, -0.1) is 23.7 Å². The van der Waals surface area contributed by atoms with Crippen LogP contribution in [0, 0.1) is 0 Å². The summed E-state index contributed by atoms with van der Waals surface area (Å²) in [6.45, 7) is 3.24. The number of thiophene rings is 1. The topological polar surface area (TPSA) is 70.5 Å². The number of aromatic nitrogens is 2. The monoisotopic (exact) mass is 471 g/mol. The average Bonchev–Trinajstić information content (AvgIpc) is 3.51. The van der Waals surface area contributed by atoms with Crippen molar-refractivity contribution in [2.45, 2.75) is 52.1 Å². The van der Waals surface area contributed by atoms with Crippen LogP contribution in [0.1, 0.15) is 46.4 Å². The number of imidazole rings is 1. The van der Waals surface area contributed by atoms with Gasteiger partial charge in [0.2, 0.25) is 0 Å². The Labute approximate surface area is 197 Å². The molecule has 8 heteroatoms. The minimum Gasteiger partial charge on any atom is -0.859 e. The number of carbonyl (C=O) groups is 1. The molecule has 1 aliphatic heterocycles. The van der Waals surface area contributed by atoms with E-state index in [1.165, 1.54) is 16.2 Å². The first kappa shape index (κ1) is 22.6. The number of nitrogens with zero attached hydrogens (tertiary/aromatic N) is 3. The van der Waals surface area contributed by atoms with Crippen molar-refractivity contribution in [2.24, 2.45) is 4.99 Å². The van der Waals surface area contributed by atoms with Gasteiger partial charge in [-0.1, -0.05) is 30.3 Å². The quantitative estimate of drug-likeness (QED) is 0.238. The maximum absolute atomic E-state index is 12.9. The highest BCUT2D eigenvalue weighted by molar-refractivity contribution is 7.16. The van der Waals surface area contributed by atoms with E-state index < -0.39 is 0 Å². The van der Waals surface area contributed by atoms with E-state index in [0.29, 0.717) is 17.2 Å². The summed E-state index contributed by atoms with van der Waals surface area (Å²) in [5, 5.41) is 13.5. The predicted molar refractivity (Wildman–Crippen MR) is 125 cm³/mol. The summed E-state index contributed by atoms with van der Waals surface area (Å²) < 4.78 is 9.57. The summed E-state index contributed by atoms with van der Waals surface area (Å²) in [6, 6.07) is 10.3. The second-order valence-corrected chi connectivity index (χ2v) is 9.03. The summed E-state index contributed by atoms with van der Waals surface area (Å²) in [5.41, 5.74) is 3.81. The van der Waals surface area contributed by atoms with Crippen molar-refractivity contribution >= 4 is 40.6 Å². The molecule has 0 saturated carbocycles. The Hall–Kier alpha value is -2.64. The number of halogens is 1. The van der Waals surface area contributed by atoms with E-state index in [4.69, 9.17) is 4.74 Å². The first-order valence-corrected chi connectivity index (χ1v) is 11.7. The van der Waals surface area contributed by atoms with Gasteiger partial charge in [-0.25, -0.2) is 13.9 Å². The largest absolute Gasteiger partial charge is 0.859 e. The number of hydrogen-bond acceptors (Lipinski definition) is 5. The summed E-state index contributed by atoms with van der Waals surface area (Å²) in [4.78, 5) is 18.1. The molecule has 32 heavy (non-hydrogen) atoms. The molecule has 168 valence electrons. The highest BCUT2D eigenvalue weighted by Crippen LogP contribution is 2.41. The Morgan fingerprint density at radius 1 is 1.22 bits per heavy atom. The fraction of sp³-hybridized carbons (Fsp3) is 0.375. The SMILES string of the molecule is CCOC(=O)c1c(N=C([O-])C[n+]2cc(-c3ccccc3)n3c2CCC3)sc2c1CCC2.Cl. The Bertz CT molecular complexity index is 1170. The van der Waals surface area contributed by atoms with Crippen LogP contribution < -0.4 is 9.67 Å². The molecule has 0 bridgehead atoms. The Balaban J connectivity index is 0.00000245. The molecule has 2 aliphatic rings. The third-order valence-electron chi connectivity index (χ3n) is 5.98. The van der Waals surface area contributed by atoms with Crippen LogP contribution in [0.4, 0.5) is 5.00 Å². The summed E-state index contributed by atoms with van der Waals surface area (Å²) >= 11 is 1.47. The molecule has 5 rings (SSSR count). The lowest BCUT2D eigenvalue weighted by Gasteiger charge is -2.09.